The van der Waals surface area contributed by atoms with Gasteiger partial charge < -0.3 is 16.0 Å². The molecule has 3 aromatic carbocycles. The highest BCUT2D eigenvalue weighted by Gasteiger charge is 2.34. The van der Waals surface area contributed by atoms with Gasteiger partial charge in [0.2, 0.25) is 0 Å². The summed E-state index contributed by atoms with van der Waals surface area (Å²) < 4.78 is 40.6. The maximum atomic E-state index is 13.5. The zero-order chi connectivity index (χ0) is 23.0. The van der Waals surface area contributed by atoms with E-state index in [1.54, 1.807) is 30.3 Å². The Hall–Kier alpha value is -3.46. The van der Waals surface area contributed by atoms with Gasteiger partial charge in [0.15, 0.2) is 0 Å². The molecule has 0 aliphatic rings. The molecule has 3 amide bonds. The first kappa shape index (κ1) is 23.2. The summed E-state index contributed by atoms with van der Waals surface area (Å²) in [7, 11) is 0. The highest BCUT2D eigenvalue weighted by atomic mass is 32.2. The molecule has 0 saturated carbocycles. The van der Waals surface area contributed by atoms with Crippen molar-refractivity contribution >= 4 is 35.1 Å². The Morgan fingerprint density at radius 2 is 1.50 bits per heavy atom. The Balaban J connectivity index is 1.61. The first-order valence-electron chi connectivity index (χ1n) is 9.63. The van der Waals surface area contributed by atoms with Crippen LogP contribution in [0, 0.1) is 0 Å². The average molecular weight is 459 g/mol. The number of alkyl halides is 3. The first-order valence-corrected chi connectivity index (χ1v) is 10.6. The summed E-state index contributed by atoms with van der Waals surface area (Å²) in [6.07, 6.45) is -4.72. The number of carbonyl (C=O) groups is 2. The molecule has 0 heterocycles. The van der Waals surface area contributed by atoms with Crippen molar-refractivity contribution in [2.75, 3.05) is 22.9 Å². The molecule has 0 radical (unpaired) electrons. The lowest BCUT2D eigenvalue weighted by molar-refractivity contribution is -0.136. The second-order valence-electron chi connectivity index (χ2n) is 6.62. The minimum Gasteiger partial charge on any atom is -0.337 e. The minimum absolute atomic E-state index is 0.0311. The van der Waals surface area contributed by atoms with Crippen LogP contribution in [-0.2, 0) is 6.18 Å². The van der Waals surface area contributed by atoms with Crippen molar-refractivity contribution < 1.29 is 22.8 Å². The van der Waals surface area contributed by atoms with Gasteiger partial charge in [0, 0.05) is 28.4 Å². The van der Waals surface area contributed by atoms with Crippen molar-refractivity contribution in [2.24, 2.45) is 0 Å². The molecule has 3 rings (SSSR count). The normalized spacial score (nSPS) is 11.0. The molecule has 166 valence electrons. The van der Waals surface area contributed by atoms with Crippen LogP contribution < -0.4 is 16.0 Å². The van der Waals surface area contributed by atoms with E-state index in [4.69, 9.17) is 0 Å². The number of amides is 3. The number of urea groups is 1. The fraction of sp³-hybridized carbons (Fsp3) is 0.130. The van der Waals surface area contributed by atoms with Gasteiger partial charge in [0.25, 0.3) is 5.91 Å². The fourth-order valence-corrected chi connectivity index (χ4v) is 3.56. The van der Waals surface area contributed by atoms with Crippen LogP contribution in [0.2, 0.25) is 0 Å². The molecule has 0 aliphatic heterocycles. The molecule has 3 N–H and O–H groups in total. The lowest BCUT2D eigenvalue weighted by Crippen LogP contribution is -2.31. The lowest BCUT2D eigenvalue weighted by Gasteiger charge is -2.16. The molecule has 9 heteroatoms. The second kappa shape index (κ2) is 10.7. The van der Waals surface area contributed by atoms with Crippen molar-refractivity contribution in [3.63, 3.8) is 0 Å². The molecule has 3 aromatic rings. The van der Waals surface area contributed by atoms with Gasteiger partial charge in [-0.25, -0.2) is 4.79 Å². The minimum atomic E-state index is -4.72. The molecule has 0 aliphatic carbocycles. The molecule has 32 heavy (non-hydrogen) atoms. The summed E-state index contributed by atoms with van der Waals surface area (Å²) in [5, 5.41) is 7.22. The number of rotatable bonds is 7. The predicted octanol–water partition coefficient (Wildman–Crippen LogP) is 5.87. The third-order valence-corrected chi connectivity index (χ3v) is 5.28. The molecule has 0 spiro atoms. The van der Waals surface area contributed by atoms with E-state index in [2.05, 4.69) is 16.0 Å². The summed E-state index contributed by atoms with van der Waals surface area (Å²) in [5.74, 6) is 0.0293. The Morgan fingerprint density at radius 3 is 2.16 bits per heavy atom. The average Bonchev–Trinajstić information content (AvgIpc) is 2.78. The van der Waals surface area contributed by atoms with Crippen LogP contribution in [0.1, 0.15) is 15.9 Å². The lowest BCUT2D eigenvalue weighted by atomic mass is 10.1. The Labute approximate surface area is 187 Å². The summed E-state index contributed by atoms with van der Waals surface area (Å²) in [4.78, 5) is 25.3. The van der Waals surface area contributed by atoms with E-state index in [1.165, 1.54) is 17.8 Å². The highest BCUT2D eigenvalue weighted by Crippen LogP contribution is 2.36. The van der Waals surface area contributed by atoms with Gasteiger partial charge in [0.05, 0.1) is 11.3 Å². The van der Waals surface area contributed by atoms with Gasteiger partial charge in [-0.1, -0.05) is 36.4 Å². The third kappa shape index (κ3) is 6.78. The van der Waals surface area contributed by atoms with Crippen molar-refractivity contribution in [1.29, 1.82) is 0 Å². The van der Waals surface area contributed by atoms with Gasteiger partial charge >= 0.3 is 12.2 Å². The van der Waals surface area contributed by atoms with Crippen molar-refractivity contribution in [1.82, 2.24) is 5.32 Å². The van der Waals surface area contributed by atoms with E-state index in [9.17, 15) is 22.8 Å². The first-order chi connectivity index (χ1) is 15.3. The van der Waals surface area contributed by atoms with Gasteiger partial charge in [-0.05, 0) is 42.5 Å². The number of hydrogen-bond donors (Lipinski definition) is 3. The maximum absolute atomic E-state index is 13.5. The molecule has 0 atom stereocenters. The van der Waals surface area contributed by atoms with E-state index in [-0.39, 0.29) is 12.2 Å². The second-order valence-corrected chi connectivity index (χ2v) is 7.79. The topological polar surface area (TPSA) is 70.2 Å². The quantitative estimate of drug-likeness (QED) is 0.306. The monoisotopic (exact) mass is 459 g/mol. The van der Waals surface area contributed by atoms with E-state index >= 15 is 0 Å². The van der Waals surface area contributed by atoms with Gasteiger partial charge in [-0.15, -0.1) is 11.8 Å². The van der Waals surface area contributed by atoms with E-state index in [0.717, 1.165) is 17.0 Å². The van der Waals surface area contributed by atoms with Crippen LogP contribution in [0.3, 0.4) is 0 Å². The molecule has 5 nitrogen and oxygen atoms in total. The standard InChI is InChI=1S/C23H20F3N3O2S/c24-23(25,26)19-15-17(28-21(30)16-7-3-1-4-8-16)11-12-20(19)29-22(31)27-13-14-32-18-9-5-2-6-10-18/h1-12,15H,13-14H2,(H,28,30)(H2,27,29,31). The maximum Gasteiger partial charge on any atom is 0.418 e. The Kier molecular flexibility index (Phi) is 7.77. The Bertz CT molecular complexity index is 1060. The van der Waals surface area contributed by atoms with E-state index in [0.29, 0.717) is 11.3 Å². The Morgan fingerprint density at radius 1 is 0.844 bits per heavy atom. The largest absolute Gasteiger partial charge is 0.418 e. The molecule has 0 saturated heterocycles. The molecule has 0 aromatic heterocycles. The predicted molar refractivity (Wildman–Crippen MR) is 120 cm³/mol. The summed E-state index contributed by atoms with van der Waals surface area (Å²) in [6.45, 7) is 0.276. The summed E-state index contributed by atoms with van der Waals surface area (Å²) in [5.41, 5.74) is -1.17. The van der Waals surface area contributed by atoms with Crippen LogP contribution in [0.5, 0.6) is 0 Å². The smallest absolute Gasteiger partial charge is 0.337 e. The number of carbonyl (C=O) groups excluding carboxylic acids is 2. The van der Waals surface area contributed by atoms with Crippen LogP contribution in [0.25, 0.3) is 0 Å². The molecular formula is C23H20F3N3O2S. The number of hydrogen-bond acceptors (Lipinski definition) is 3. The number of nitrogens with one attached hydrogen (secondary N) is 3. The van der Waals surface area contributed by atoms with Crippen LogP contribution in [0.4, 0.5) is 29.3 Å². The van der Waals surface area contributed by atoms with Crippen molar-refractivity contribution in [3.8, 4) is 0 Å². The van der Waals surface area contributed by atoms with Gasteiger partial charge in [0.1, 0.15) is 0 Å². The molecule has 0 unspecified atom stereocenters. The van der Waals surface area contributed by atoms with Crippen molar-refractivity contribution in [2.45, 2.75) is 11.1 Å². The third-order valence-electron chi connectivity index (χ3n) is 4.27. The zero-order valence-electron chi connectivity index (χ0n) is 16.8. The number of thioether (sulfide) groups is 1. The van der Waals surface area contributed by atoms with E-state index < -0.39 is 29.4 Å². The molecule has 0 fully saturated rings. The van der Waals surface area contributed by atoms with Gasteiger partial charge in [-0.3, -0.25) is 4.79 Å². The van der Waals surface area contributed by atoms with Crippen LogP contribution in [-0.4, -0.2) is 24.2 Å². The molecule has 0 bridgehead atoms. The SMILES string of the molecule is O=C(NCCSc1ccccc1)Nc1ccc(NC(=O)c2ccccc2)cc1C(F)(F)F. The number of benzene rings is 3. The summed E-state index contributed by atoms with van der Waals surface area (Å²) >= 11 is 1.52. The number of anilines is 2. The van der Waals surface area contributed by atoms with Gasteiger partial charge in [-0.2, -0.15) is 13.2 Å². The van der Waals surface area contributed by atoms with Crippen LogP contribution in [0.15, 0.2) is 83.8 Å². The number of halogens is 3. The van der Waals surface area contributed by atoms with Crippen LogP contribution >= 0.6 is 11.8 Å². The fourth-order valence-electron chi connectivity index (χ4n) is 2.78. The van der Waals surface area contributed by atoms with E-state index in [1.807, 2.05) is 30.3 Å². The molecular weight excluding hydrogens is 439 g/mol. The summed E-state index contributed by atoms with van der Waals surface area (Å²) in [6, 6.07) is 20.1. The highest BCUT2D eigenvalue weighted by molar-refractivity contribution is 7.99. The van der Waals surface area contributed by atoms with Crippen molar-refractivity contribution in [3.05, 3.63) is 90.0 Å². The zero-order valence-corrected chi connectivity index (χ0v) is 17.6.